The van der Waals surface area contributed by atoms with E-state index in [1.807, 2.05) is 12.1 Å². The summed E-state index contributed by atoms with van der Waals surface area (Å²) in [7, 11) is -3.07. The average molecular weight is 270 g/mol. The highest BCUT2D eigenvalue weighted by Crippen LogP contribution is 2.15. The molecule has 0 bridgehead atoms. The molecule has 1 aromatic heterocycles. The second-order valence-electron chi connectivity index (χ2n) is 4.38. The number of hydrogen-bond acceptors (Lipinski definition) is 5. The van der Waals surface area contributed by atoms with E-state index in [9.17, 15) is 8.42 Å². The summed E-state index contributed by atoms with van der Waals surface area (Å²) >= 11 is 0. The van der Waals surface area contributed by atoms with Crippen molar-refractivity contribution < 1.29 is 8.42 Å². The lowest BCUT2D eigenvalue weighted by Crippen LogP contribution is -2.48. The van der Waals surface area contributed by atoms with Crippen molar-refractivity contribution in [3.8, 4) is 0 Å². The van der Waals surface area contributed by atoms with Crippen LogP contribution in [0.15, 0.2) is 18.3 Å². The Morgan fingerprint density at radius 1 is 1.28 bits per heavy atom. The minimum atomic E-state index is -3.07. The van der Waals surface area contributed by atoms with Gasteiger partial charge in [0.1, 0.15) is 5.82 Å². The lowest BCUT2D eigenvalue weighted by atomic mass is 10.2. The second kappa shape index (κ2) is 5.21. The van der Waals surface area contributed by atoms with Crippen molar-refractivity contribution in [1.82, 2.24) is 9.29 Å². The van der Waals surface area contributed by atoms with Crippen molar-refractivity contribution in [3.63, 3.8) is 0 Å². The molecule has 1 aliphatic rings. The highest BCUT2D eigenvalue weighted by molar-refractivity contribution is 7.88. The molecule has 0 atom stereocenters. The molecule has 1 fully saturated rings. The molecule has 6 nitrogen and oxygen atoms in total. The van der Waals surface area contributed by atoms with E-state index in [2.05, 4.69) is 9.88 Å². The highest BCUT2D eigenvalue weighted by atomic mass is 32.2. The Morgan fingerprint density at radius 2 is 1.94 bits per heavy atom. The molecule has 0 radical (unpaired) electrons. The number of piperazine rings is 1. The summed E-state index contributed by atoms with van der Waals surface area (Å²) in [4.78, 5) is 6.42. The first-order valence-corrected chi connectivity index (χ1v) is 7.70. The molecule has 100 valence electrons. The number of nitrogens with two attached hydrogens (primary N) is 1. The molecule has 1 aromatic rings. The van der Waals surface area contributed by atoms with Crippen LogP contribution in [-0.4, -0.2) is 50.1 Å². The summed E-state index contributed by atoms with van der Waals surface area (Å²) in [5, 5.41) is 0. The van der Waals surface area contributed by atoms with Crippen LogP contribution in [0.4, 0.5) is 5.82 Å². The van der Waals surface area contributed by atoms with Crippen molar-refractivity contribution in [2.75, 3.05) is 37.3 Å². The first kappa shape index (κ1) is 13.3. The molecule has 0 spiro atoms. The van der Waals surface area contributed by atoms with Gasteiger partial charge in [0.25, 0.3) is 0 Å². The van der Waals surface area contributed by atoms with E-state index in [-0.39, 0.29) is 0 Å². The monoisotopic (exact) mass is 270 g/mol. The fourth-order valence-corrected chi connectivity index (χ4v) is 2.80. The van der Waals surface area contributed by atoms with Gasteiger partial charge < -0.3 is 10.6 Å². The third kappa shape index (κ3) is 2.98. The Balaban J connectivity index is 2.01. The summed E-state index contributed by atoms with van der Waals surface area (Å²) < 4.78 is 24.3. The quantitative estimate of drug-likeness (QED) is 0.810. The van der Waals surface area contributed by atoms with E-state index in [0.29, 0.717) is 32.7 Å². The summed E-state index contributed by atoms with van der Waals surface area (Å²) in [5.41, 5.74) is 6.51. The van der Waals surface area contributed by atoms with Crippen LogP contribution < -0.4 is 10.6 Å². The Kier molecular flexibility index (Phi) is 3.84. The Bertz CT molecular complexity index is 492. The van der Waals surface area contributed by atoms with E-state index in [1.165, 1.54) is 10.6 Å². The number of sulfonamides is 1. The molecule has 0 aliphatic carbocycles. The van der Waals surface area contributed by atoms with Crippen LogP contribution in [0.1, 0.15) is 5.56 Å². The molecule has 18 heavy (non-hydrogen) atoms. The standard InChI is InChI=1S/C11H18N4O2S/c1-18(16,17)15-6-4-14(5-7-15)11-3-2-10(8-12)9-13-11/h2-3,9H,4-8,12H2,1H3. The van der Waals surface area contributed by atoms with Crippen LogP contribution in [0.3, 0.4) is 0 Å². The number of anilines is 1. The molecular formula is C11H18N4O2S. The lowest BCUT2D eigenvalue weighted by molar-refractivity contribution is 0.387. The minimum Gasteiger partial charge on any atom is -0.354 e. The third-order valence-corrected chi connectivity index (χ3v) is 4.38. The predicted octanol–water partition coefficient (Wildman–Crippen LogP) is -0.378. The van der Waals surface area contributed by atoms with Crippen LogP contribution in [-0.2, 0) is 16.6 Å². The fourth-order valence-electron chi connectivity index (χ4n) is 1.97. The molecule has 0 aromatic carbocycles. The minimum absolute atomic E-state index is 0.481. The van der Waals surface area contributed by atoms with E-state index >= 15 is 0 Å². The van der Waals surface area contributed by atoms with Gasteiger partial charge in [-0.2, -0.15) is 4.31 Å². The molecule has 0 unspecified atom stereocenters. The van der Waals surface area contributed by atoms with Crippen LogP contribution in [0, 0.1) is 0 Å². The zero-order valence-electron chi connectivity index (χ0n) is 10.4. The predicted molar refractivity (Wildman–Crippen MR) is 70.8 cm³/mol. The molecule has 0 saturated carbocycles. The lowest BCUT2D eigenvalue weighted by Gasteiger charge is -2.33. The highest BCUT2D eigenvalue weighted by Gasteiger charge is 2.23. The fraction of sp³-hybridized carbons (Fsp3) is 0.545. The van der Waals surface area contributed by atoms with Gasteiger partial charge in [0, 0.05) is 38.9 Å². The van der Waals surface area contributed by atoms with Crippen molar-refractivity contribution in [1.29, 1.82) is 0 Å². The topological polar surface area (TPSA) is 79.5 Å². The first-order valence-electron chi connectivity index (χ1n) is 5.86. The third-order valence-electron chi connectivity index (χ3n) is 3.08. The molecule has 2 N–H and O–H groups in total. The smallest absolute Gasteiger partial charge is 0.211 e. The Hall–Kier alpha value is -1.18. The van der Waals surface area contributed by atoms with Gasteiger partial charge in [0.05, 0.1) is 6.26 Å². The van der Waals surface area contributed by atoms with Gasteiger partial charge in [-0.05, 0) is 11.6 Å². The SMILES string of the molecule is CS(=O)(=O)N1CCN(c2ccc(CN)cn2)CC1. The zero-order chi connectivity index (χ0) is 13.2. The molecule has 2 heterocycles. The van der Waals surface area contributed by atoms with Gasteiger partial charge in [-0.1, -0.05) is 6.07 Å². The number of aromatic nitrogens is 1. The zero-order valence-corrected chi connectivity index (χ0v) is 11.2. The summed E-state index contributed by atoms with van der Waals surface area (Å²) in [6.07, 6.45) is 3.01. The van der Waals surface area contributed by atoms with Gasteiger partial charge in [0.2, 0.25) is 10.0 Å². The molecular weight excluding hydrogens is 252 g/mol. The van der Waals surface area contributed by atoms with Gasteiger partial charge in [0.15, 0.2) is 0 Å². The molecule has 0 amide bonds. The van der Waals surface area contributed by atoms with Crippen LogP contribution in [0.2, 0.25) is 0 Å². The Morgan fingerprint density at radius 3 is 2.39 bits per heavy atom. The van der Waals surface area contributed by atoms with Gasteiger partial charge in [-0.3, -0.25) is 0 Å². The normalized spacial score (nSPS) is 18.0. The number of nitrogens with zero attached hydrogens (tertiary/aromatic N) is 3. The van der Waals surface area contributed by atoms with E-state index in [4.69, 9.17) is 5.73 Å². The maximum absolute atomic E-state index is 11.4. The van der Waals surface area contributed by atoms with Crippen LogP contribution in [0.25, 0.3) is 0 Å². The van der Waals surface area contributed by atoms with E-state index in [0.717, 1.165) is 11.4 Å². The van der Waals surface area contributed by atoms with Gasteiger partial charge in [-0.15, -0.1) is 0 Å². The number of rotatable bonds is 3. The van der Waals surface area contributed by atoms with Crippen molar-refractivity contribution in [3.05, 3.63) is 23.9 Å². The molecule has 2 rings (SSSR count). The maximum atomic E-state index is 11.4. The maximum Gasteiger partial charge on any atom is 0.211 e. The molecule has 1 saturated heterocycles. The van der Waals surface area contributed by atoms with Crippen LogP contribution >= 0.6 is 0 Å². The van der Waals surface area contributed by atoms with Crippen molar-refractivity contribution in [2.24, 2.45) is 5.73 Å². The van der Waals surface area contributed by atoms with Gasteiger partial charge >= 0.3 is 0 Å². The molecule has 1 aliphatic heterocycles. The van der Waals surface area contributed by atoms with Crippen molar-refractivity contribution >= 4 is 15.8 Å². The van der Waals surface area contributed by atoms with Gasteiger partial charge in [-0.25, -0.2) is 13.4 Å². The van der Waals surface area contributed by atoms with Crippen LogP contribution in [0.5, 0.6) is 0 Å². The summed E-state index contributed by atoms with van der Waals surface area (Å²) in [6, 6.07) is 3.88. The van der Waals surface area contributed by atoms with Crippen molar-refractivity contribution in [2.45, 2.75) is 6.54 Å². The second-order valence-corrected chi connectivity index (χ2v) is 6.36. The molecule has 7 heteroatoms. The summed E-state index contributed by atoms with van der Waals surface area (Å²) in [5.74, 6) is 0.875. The largest absolute Gasteiger partial charge is 0.354 e. The summed E-state index contributed by atoms with van der Waals surface area (Å²) in [6.45, 7) is 2.84. The Labute approximate surface area is 107 Å². The van der Waals surface area contributed by atoms with E-state index < -0.39 is 10.0 Å². The number of pyridine rings is 1. The average Bonchev–Trinajstić information content (AvgIpc) is 2.38. The number of hydrogen-bond donors (Lipinski definition) is 1. The first-order chi connectivity index (χ1) is 8.50. The van der Waals surface area contributed by atoms with E-state index in [1.54, 1.807) is 6.20 Å².